The Labute approximate surface area is 159 Å². The Balaban J connectivity index is 1.57. The van der Waals surface area contributed by atoms with E-state index in [2.05, 4.69) is 12.2 Å². The molecule has 0 saturated heterocycles. The molecule has 1 atom stereocenters. The largest absolute Gasteiger partial charge is 0.452 e. The lowest BCUT2D eigenvalue weighted by molar-refractivity contribution is -0.124. The molecule has 5 heteroatoms. The number of nitrogens with zero attached hydrogens (tertiary/aromatic N) is 1. The van der Waals surface area contributed by atoms with E-state index in [0.29, 0.717) is 11.5 Å². The fourth-order valence-electron chi connectivity index (χ4n) is 4.34. The van der Waals surface area contributed by atoms with Gasteiger partial charge in [0.25, 0.3) is 5.91 Å². The molecule has 5 nitrogen and oxygen atoms in total. The van der Waals surface area contributed by atoms with E-state index in [1.165, 1.54) is 0 Å². The number of benzene rings is 1. The molecule has 0 bridgehead atoms. The van der Waals surface area contributed by atoms with E-state index >= 15 is 0 Å². The predicted octanol–water partition coefficient (Wildman–Crippen LogP) is 3.58. The smallest absolute Gasteiger partial charge is 0.339 e. The molecular weight excluding hydrogens is 340 g/mol. The van der Waals surface area contributed by atoms with Crippen molar-refractivity contribution >= 4 is 22.8 Å². The molecule has 1 aromatic heterocycles. The fraction of sp³-hybridized carbons (Fsp3) is 0.500. The molecule has 2 aliphatic carbocycles. The number of esters is 1. The Kier molecular flexibility index (Phi) is 5.10. The van der Waals surface area contributed by atoms with Crippen molar-refractivity contribution in [3.8, 4) is 0 Å². The van der Waals surface area contributed by atoms with Gasteiger partial charge in [0.05, 0.1) is 11.1 Å². The summed E-state index contributed by atoms with van der Waals surface area (Å²) in [6, 6.07) is 7.91. The number of pyridine rings is 1. The number of aromatic nitrogens is 1. The van der Waals surface area contributed by atoms with Crippen LogP contribution in [0.5, 0.6) is 0 Å². The lowest BCUT2D eigenvalue weighted by atomic mass is 9.84. The van der Waals surface area contributed by atoms with Crippen molar-refractivity contribution in [1.29, 1.82) is 0 Å². The lowest BCUT2D eigenvalue weighted by Gasteiger charge is -2.24. The summed E-state index contributed by atoms with van der Waals surface area (Å²) in [5, 5.41) is 3.78. The number of carbonyl (C=O) groups is 2. The Morgan fingerprint density at radius 1 is 1.19 bits per heavy atom. The van der Waals surface area contributed by atoms with Crippen molar-refractivity contribution in [1.82, 2.24) is 10.3 Å². The van der Waals surface area contributed by atoms with Crippen LogP contribution in [0.4, 0.5) is 0 Å². The van der Waals surface area contributed by atoms with E-state index in [9.17, 15) is 9.59 Å². The monoisotopic (exact) mass is 366 g/mol. The summed E-state index contributed by atoms with van der Waals surface area (Å²) in [7, 11) is 0. The highest BCUT2D eigenvalue weighted by Gasteiger charge is 2.26. The Bertz CT molecular complexity index is 871. The fourth-order valence-corrected chi connectivity index (χ4v) is 4.34. The van der Waals surface area contributed by atoms with Crippen molar-refractivity contribution in [2.75, 3.05) is 6.61 Å². The molecule has 27 heavy (non-hydrogen) atoms. The zero-order valence-corrected chi connectivity index (χ0v) is 15.8. The van der Waals surface area contributed by atoms with Gasteiger partial charge in [0.15, 0.2) is 6.61 Å². The van der Waals surface area contributed by atoms with E-state index in [-0.39, 0.29) is 18.6 Å². The van der Waals surface area contributed by atoms with Crippen LogP contribution in [0.2, 0.25) is 0 Å². The van der Waals surface area contributed by atoms with Crippen LogP contribution in [-0.2, 0) is 22.4 Å². The SMILES string of the molecule is CC1CCc2nc3ccccc3c(C(=O)OCC(=O)NC3CCCC3)c2C1. The van der Waals surface area contributed by atoms with Crippen LogP contribution < -0.4 is 5.32 Å². The van der Waals surface area contributed by atoms with E-state index in [1.807, 2.05) is 24.3 Å². The second-order valence-corrected chi connectivity index (χ2v) is 7.90. The minimum absolute atomic E-state index is 0.212. The summed E-state index contributed by atoms with van der Waals surface area (Å²) in [6.07, 6.45) is 7.11. The third kappa shape index (κ3) is 3.82. The van der Waals surface area contributed by atoms with Gasteiger partial charge in [-0.3, -0.25) is 9.78 Å². The number of rotatable bonds is 4. The van der Waals surface area contributed by atoms with Gasteiger partial charge in [-0.05, 0) is 49.7 Å². The van der Waals surface area contributed by atoms with Gasteiger partial charge >= 0.3 is 5.97 Å². The number of para-hydroxylation sites is 1. The molecule has 0 aliphatic heterocycles. The first-order chi connectivity index (χ1) is 13.1. The summed E-state index contributed by atoms with van der Waals surface area (Å²) in [5.41, 5.74) is 3.40. The maximum Gasteiger partial charge on any atom is 0.339 e. The van der Waals surface area contributed by atoms with Gasteiger partial charge in [-0.1, -0.05) is 38.0 Å². The topological polar surface area (TPSA) is 68.3 Å². The first kappa shape index (κ1) is 18.0. The molecule has 2 aliphatic rings. The van der Waals surface area contributed by atoms with E-state index in [1.54, 1.807) is 0 Å². The molecule has 0 spiro atoms. The van der Waals surface area contributed by atoms with E-state index in [0.717, 1.165) is 67.1 Å². The summed E-state index contributed by atoms with van der Waals surface area (Å²) >= 11 is 0. The molecule has 142 valence electrons. The first-order valence-electron chi connectivity index (χ1n) is 9.99. The van der Waals surface area contributed by atoms with Crippen LogP contribution in [0.25, 0.3) is 10.9 Å². The lowest BCUT2D eigenvalue weighted by Crippen LogP contribution is -2.36. The maximum absolute atomic E-state index is 12.9. The first-order valence-corrected chi connectivity index (χ1v) is 9.99. The van der Waals surface area contributed by atoms with Crippen molar-refractivity contribution in [2.24, 2.45) is 5.92 Å². The van der Waals surface area contributed by atoms with Crippen LogP contribution in [0.15, 0.2) is 24.3 Å². The van der Waals surface area contributed by atoms with Gasteiger partial charge < -0.3 is 10.1 Å². The summed E-state index contributed by atoms with van der Waals surface area (Å²) < 4.78 is 5.43. The van der Waals surface area contributed by atoms with Crippen molar-refractivity contribution in [2.45, 2.75) is 57.9 Å². The third-order valence-corrected chi connectivity index (χ3v) is 5.76. The molecule has 2 aromatic rings. The average molecular weight is 366 g/mol. The van der Waals surface area contributed by atoms with Crippen LogP contribution in [-0.4, -0.2) is 29.5 Å². The van der Waals surface area contributed by atoms with Crippen LogP contribution in [0.3, 0.4) is 0 Å². The van der Waals surface area contributed by atoms with Gasteiger partial charge in [0, 0.05) is 17.1 Å². The number of hydrogen-bond donors (Lipinski definition) is 1. The zero-order chi connectivity index (χ0) is 18.8. The number of nitrogens with one attached hydrogen (secondary N) is 1. The van der Waals surface area contributed by atoms with Crippen LogP contribution in [0, 0.1) is 5.92 Å². The molecular formula is C22H26N2O3. The van der Waals surface area contributed by atoms with Crippen molar-refractivity contribution < 1.29 is 14.3 Å². The number of aryl methyl sites for hydroxylation is 1. The highest BCUT2D eigenvalue weighted by atomic mass is 16.5. The molecule has 1 fully saturated rings. The number of amides is 1. The summed E-state index contributed by atoms with van der Waals surface area (Å²) in [4.78, 5) is 29.9. The van der Waals surface area contributed by atoms with E-state index < -0.39 is 5.97 Å². The van der Waals surface area contributed by atoms with Gasteiger partial charge in [-0.25, -0.2) is 4.79 Å². The quantitative estimate of drug-likeness (QED) is 0.840. The summed E-state index contributed by atoms with van der Waals surface area (Å²) in [6.45, 7) is 1.97. The number of fused-ring (bicyclic) bond motifs is 2. The standard InChI is InChI=1S/C22H26N2O3/c1-14-10-11-19-17(12-14)21(16-8-4-5-9-18(16)24-19)22(26)27-13-20(25)23-15-6-2-3-7-15/h4-5,8-9,14-15H,2-3,6-7,10-13H2,1H3,(H,23,25). The normalized spacial score (nSPS) is 19.7. The minimum atomic E-state index is -0.416. The second-order valence-electron chi connectivity index (χ2n) is 7.90. The molecule has 1 unspecified atom stereocenters. The molecule has 1 saturated carbocycles. The Morgan fingerprint density at radius 2 is 1.96 bits per heavy atom. The molecule has 1 N–H and O–H groups in total. The minimum Gasteiger partial charge on any atom is -0.452 e. The van der Waals surface area contributed by atoms with Gasteiger partial charge in [-0.15, -0.1) is 0 Å². The Hall–Kier alpha value is -2.43. The molecule has 4 rings (SSSR count). The zero-order valence-electron chi connectivity index (χ0n) is 15.8. The molecule has 1 amide bonds. The van der Waals surface area contributed by atoms with Crippen LogP contribution in [0.1, 0.15) is 60.6 Å². The van der Waals surface area contributed by atoms with E-state index in [4.69, 9.17) is 9.72 Å². The van der Waals surface area contributed by atoms with Crippen molar-refractivity contribution in [3.05, 3.63) is 41.1 Å². The third-order valence-electron chi connectivity index (χ3n) is 5.76. The van der Waals surface area contributed by atoms with Crippen molar-refractivity contribution in [3.63, 3.8) is 0 Å². The van der Waals surface area contributed by atoms with Gasteiger partial charge in [-0.2, -0.15) is 0 Å². The highest BCUT2D eigenvalue weighted by Crippen LogP contribution is 2.32. The number of carbonyl (C=O) groups excluding carboxylic acids is 2. The average Bonchev–Trinajstić information content (AvgIpc) is 3.17. The number of hydrogen-bond acceptors (Lipinski definition) is 4. The Morgan fingerprint density at radius 3 is 2.78 bits per heavy atom. The predicted molar refractivity (Wildman–Crippen MR) is 104 cm³/mol. The second kappa shape index (κ2) is 7.67. The highest BCUT2D eigenvalue weighted by molar-refractivity contribution is 6.05. The van der Waals surface area contributed by atoms with Gasteiger partial charge in [0.2, 0.25) is 0 Å². The molecule has 1 aromatic carbocycles. The van der Waals surface area contributed by atoms with Crippen LogP contribution >= 0.6 is 0 Å². The number of ether oxygens (including phenoxy) is 1. The molecule has 1 heterocycles. The molecule has 0 radical (unpaired) electrons. The maximum atomic E-state index is 12.9. The van der Waals surface area contributed by atoms with Gasteiger partial charge in [0.1, 0.15) is 0 Å². The summed E-state index contributed by atoms with van der Waals surface area (Å²) in [5.74, 6) is -0.117.